The maximum Gasteiger partial charge on any atom is 0.119 e. The van der Waals surface area contributed by atoms with E-state index in [0.717, 1.165) is 5.75 Å². The zero-order chi connectivity index (χ0) is 9.52. The van der Waals surface area contributed by atoms with E-state index in [4.69, 9.17) is 4.74 Å². The van der Waals surface area contributed by atoms with E-state index >= 15 is 0 Å². The first-order valence-electron chi connectivity index (χ1n) is 4.99. The average Bonchev–Trinajstić information content (AvgIpc) is 2.19. The van der Waals surface area contributed by atoms with Crippen LogP contribution in [0.25, 0.3) is 0 Å². The molecule has 0 heterocycles. The second-order valence-electron chi connectivity index (χ2n) is 3.31. The summed E-state index contributed by atoms with van der Waals surface area (Å²) in [5, 5.41) is 0. The molecule has 0 aliphatic heterocycles. The van der Waals surface area contributed by atoms with Gasteiger partial charge in [0.25, 0.3) is 0 Å². The maximum absolute atomic E-state index is 5.16. The number of methoxy groups -OCH3 is 1. The molecule has 0 atom stereocenters. The Balaban J connectivity index is 2.46. The van der Waals surface area contributed by atoms with Crippen molar-refractivity contribution >= 4 is 0 Å². The van der Waals surface area contributed by atoms with Crippen molar-refractivity contribution in [2.75, 3.05) is 7.11 Å². The predicted molar refractivity (Wildman–Crippen MR) is 56.2 cm³/mol. The van der Waals surface area contributed by atoms with Crippen LogP contribution in [0.15, 0.2) is 24.3 Å². The molecule has 0 amide bonds. The number of benzene rings is 1. The molecule has 0 unspecified atom stereocenters. The number of ether oxygens (including phenoxy) is 1. The van der Waals surface area contributed by atoms with E-state index in [1.54, 1.807) is 7.11 Å². The lowest BCUT2D eigenvalue weighted by Crippen LogP contribution is -1.87. The van der Waals surface area contributed by atoms with Crippen LogP contribution in [0.1, 0.15) is 31.7 Å². The fraction of sp³-hybridized carbons (Fsp3) is 0.500. The van der Waals surface area contributed by atoms with Gasteiger partial charge in [-0.05, 0) is 30.5 Å². The van der Waals surface area contributed by atoms with E-state index < -0.39 is 0 Å². The Morgan fingerprint density at radius 2 is 2.08 bits per heavy atom. The van der Waals surface area contributed by atoms with Crippen LogP contribution in [-0.4, -0.2) is 7.11 Å². The van der Waals surface area contributed by atoms with Crippen molar-refractivity contribution in [1.82, 2.24) is 0 Å². The molecule has 0 radical (unpaired) electrons. The van der Waals surface area contributed by atoms with Crippen LogP contribution in [0.2, 0.25) is 0 Å². The molecule has 0 aromatic heterocycles. The van der Waals surface area contributed by atoms with Crippen LogP contribution in [0.3, 0.4) is 0 Å². The third kappa shape index (κ3) is 3.49. The Morgan fingerprint density at radius 1 is 1.23 bits per heavy atom. The lowest BCUT2D eigenvalue weighted by molar-refractivity contribution is 0.414. The Hall–Kier alpha value is -0.980. The second kappa shape index (κ2) is 5.63. The van der Waals surface area contributed by atoms with Crippen molar-refractivity contribution in [1.29, 1.82) is 0 Å². The Kier molecular flexibility index (Phi) is 4.37. The van der Waals surface area contributed by atoms with Crippen molar-refractivity contribution in [2.45, 2.75) is 32.6 Å². The van der Waals surface area contributed by atoms with Gasteiger partial charge in [-0.25, -0.2) is 0 Å². The molecule has 0 aliphatic carbocycles. The van der Waals surface area contributed by atoms with Crippen LogP contribution in [0.5, 0.6) is 5.75 Å². The first-order chi connectivity index (χ1) is 6.36. The van der Waals surface area contributed by atoms with Gasteiger partial charge in [0.1, 0.15) is 5.75 Å². The van der Waals surface area contributed by atoms with Crippen molar-refractivity contribution < 1.29 is 4.74 Å². The highest BCUT2D eigenvalue weighted by Crippen LogP contribution is 2.14. The molecule has 0 N–H and O–H groups in total. The van der Waals surface area contributed by atoms with Crippen molar-refractivity contribution in [3.05, 3.63) is 29.8 Å². The van der Waals surface area contributed by atoms with Crippen LogP contribution >= 0.6 is 0 Å². The molecular formula is C12H18O. The van der Waals surface area contributed by atoms with Crippen LogP contribution in [0.4, 0.5) is 0 Å². The third-order valence-electron chi connectivity index (χ3n) is 2.20. The summed E-state index contributed by atoms with van der Waals surface area (Å²) >= 11 is 0. The minimum atomic E-state index is 0.967. The van der Waals surface area contributed by atoms with Crippen LogP contribution < -0.4 is 4.74 Å². The zero-order valence-corrected chi connectivity index (χ0v) is 8.55. The molecule has 1 heteroatoms. The summed E-state index contributed by atoms with van der Waals surface area (Å²) in [5.41, 5.74) is 1.38. The Morgan fingerprint density at radius 3 is 2.77 bits per heavy atom. The van der Waals surface area contributed by atoms with E-state index in [9.17, 15) is 0 Å². The molecule has 0 saturated heterocycles. The highest BCUT2D eigenvalue weighted by molar-refractivity contribution is 5.28. The minimum absolute atomic E-state index is 0.967. The van der Waals surface area contributed by atoms with Gasteiger partial charge in [0.15, 0.2) is 0 Å². The second-order valence-corrected chi connectivity index (χ2v) is 3.31. The first kappa shape index (κ1) is 10.1. The summed E-state index contributed by atoms with van der Waals surface area (Å²) in [4.78, 5) is 0. The van der Waals surface area contributed by atoms with Gasteiger partial charge in [-0.15, -0.1) is 0 Å². The van der Waals surface area contributed by atoms with Gasteiger partial charge < -0.3 is 4.74 Å². The predicted octanol–water partition coefficient (Wildman–Crippen LogP) is 3.43. The monoisotopic (exact) mass is 178 g/mol. The average molecular weight is 178 g/mol. The molecule has 0 bridgehead atoms. The lowest BCUT2D eigenvalue weighted by Gasteiger charge is -2.03. The van der Waals surface area contributed by atoms with Gasteiger partial charge in [0.2, 0.25) is 0 Å². The minimum Gasteiger partial charge on any atom is -0.497 e. The summed E-state index contributed by atoms with van der Waals surface area (Å²) in [7, 11) is 1.71. The van der Waals surface area contributed by atoms with E-state index in [0.29, 0.717) is 0 Å². The molecule has 1 aromatic carbocycles. The standard InChI is InChI=1S/C12H18O/c1-3-4-5-7-11-8-6-9-12(10-11)13-2/h6,8-10H,3-5,7H2,1-2H3. The van der Waals surface area contributed by atoms with E-state index in [1.807, 2.05) is 6.07 Å². The molecule has 1 aromatic rings. The normalized spacial score (nSPS) is 10.0. The summed E-state index contributed by atoms with van der Waals surface area (Å²) in [6, 6.07) is 8.33. The number of rotatable bonds is 5. The van der Waals surface area contributed by atoms with Gasteiger partial charge in [0, 0.05) is 0 Å². The fourth-order valence-corrected chi connectivity index (χ4v) is 1.41. The van der Waals surface area contributed by atoms with Gasteiger partial charge in [-0.1, -0.05) is 31.9 Å². The van der Waals surface area contributed by atoms with Gasteiger partial charge in [0.05, 0.1) is 7.11 Å². The first-order valence-corrected chi connectivity index (χ1v) is 4.99. The number of hydrogen-bond acceptors (Lipinski definition) is 1. The summed E-state index contributed by atoms with van der Waals surface area (Å²) in [5.74, 6) is 0.967. The highest BCUT2D eigenvalue weighted by atomic mass is 16.5. The zero-order valence-electron chi connectivity index (χ0n) is 8.55. The topological polar surface area (TPSA) is 9.23 Å². The van der Waals surface area contributed by atoms with Gasteiger partial charge in [-0.2, -0.15) is 0 Å². The third-order valence-corrected chi connectivity index (χ3v) is 2.20. The Labute approximate surface area is 80.7 Å². The van der Waals surface area contributed by atoms with Crippen molar-refractivity contribution in [3.63, 3.8) is 0 Å². The SMILES string of the molecule is CCCCCc1cccc(OC)c1. The molecule has 1 rings (SSSR count). The van der Waals surface area contributed by atoms with Crippen LogP contribution in [-0.2, 0) is 6.42 Å². The smallest absolute Gasteiger partial charge is 0.119 e. The number of hydrogen-bond donors (Lipinski definition) is 0. The maximum atomic E-state index is 5.16. The molecule has 0 saturated carbocycles. The lowest BCUT2D eigenvalue weighted by atomic mass is 10.1. The summed E-state index contributed by atoms with van der Waals surface area (Å²) in [6.07, 6.45) is 5.05. The van der Waals surface area contributed by atoms with Crippen molar-refractivity contribution in [2.24, 2.45) is 0 Å². The molecule has 0 fully saturated rings. The van der Waals surface area contributed by atoms with Crippen LogP contribution in [0, 0.1) is 0 Å². The highest BCUT2D eigenvalue weighted by Gasteiger charge is 1.94. The van der Waals surface area contributed by atoms with Crippen molar-refractivity contribution in [3.8, 4) is 5.75 Å². The summed E-state index contributed by atoms with van der Waals surface area (Å²) < 4.78 is 5.16. The van der Waals surface area contributed by atoms with Gasteiger partial charge >= 0.3 is 0 Å². The number of aryl methyl sites for hydroxylation is 1. The van der Waals surface area contributed by atoms with E-state index in [2.05, 4.69) is 25.1 Å². The molecule has 72 valence electrons. The molecule has 0 spiro atoms. The van der Waals surface area contributed by atoms with Gasteiger partial charge in [-0.3, -0.25) is 0 Å². The molecular weight excluding hydrogens is 160 g/mol. The summed E-state index contributed by atoms with van der Waals surface area (Å²) in [6.45, 7) is 2.23. The molecule has 13 heavy (non-hydrogen) atoms. The quantitative estimate of drug-likeness (QED) is 0.628. The molecule has 0 aliphatic rings. The Bertz CT molecular complexity index is 243. The van der Waals surface area contributed by atoms with E-state index in [1.165, 1.54) is 31.2 Å². The van der Waals surface area contributed by atoms with E-state index in [-0.39, 0.29) is 0 Å². The molecule has 1 nitrogen and oxygen atoms in total. The number of unbranched alkanes of at least 4 members (excludes halogenated alkanes) is 2. The largest absolute Gasteiger partial charge is 0.497 e. The fourth-order valence-electron chi connectivity index (χ4n) is 1.41.